The Morgan fingerprint density at radius 2 is 2.23 bits per heavy atom. The van der Waals surface area contributed by atoms with Crippen molar-refractivity contribution in [3.63, 3.8) is 0 Å². The van der Waals surface area contributed by atoms with Crippen LogP contribution >= 0.6 is 15.9 Å². The molecule has 0 atom stereocenters. The number of imidazole rings is 1. The highest BCUT2D eigenvalue weighted by atomic mass is 79.9. The third-order valence-electron chi connectivity index (χ3n) is 2.22. The van der Waals surface area contributed by atoms with Crippen LogP contribution in [-0.2, 0) is 6.54 Å². The van der Waals surface area contributed by atoms with Gasteiger partial charge in [0.25, 0.3) is 0 Å². The topological polar surface area (TPSA) is 17.8 Å². The molecular formula is C10H11BrN2. The summed E-state index contributed by atoms with van der Waals surface area (Å²) >= 11 is 3.46. The third-order valence-corrected chi connectivity index (χ3v) is 2.71. The smallest absolute Gasteiger partial charge is 0.106 e. The maximum Gasteiger partial charge on any atom is 0.106 e. The Labute approximate surface area is 85.7 Å². The lowest BCUT2D eigenvalue weighted by Gasteiger charge is -2.01. The van der Waals surface area contributed by atoms with Gasteiger partial charge in [-0.15, -0.1) is 0 Å². The number of aromatic nitrogens is 2. The molecule has 0 spiro atoms. The van der Waals surface area contributed by atoms with Gasteiger partial charge in [-0.2, -0.15) is 0 Å². The van der Waals surface area contributed by atoms with Gasteiger partial charge in [-0.25, -0.2) is 4.98 Å². The second-order valence-electron chi connectivity index (χ2n) is 3.04. The van der Waals surface area contributed by atoms with E-state index in [-0.39, 0.29) is 0 Å². The minimum atomic E-state index is 0.971. The van der Waals surface area contributed by atoms with Crippen molar-refractivity contribution in [1.29, 1.82) is 0 Å². The molecule has 1 aromatic carbocycles. The first-order valence-corrected chi connectivity index (χ1v) is 5.14. The summed E-state index contributed by atoms with van der Waals surface area (Å²) in [5, 5.41) is 0. The fourth-order valence-electron chi connectivity index (χ4n) is 1.62. The van der Waals surface area contributed by atoms with E-state index in [4.69, 9.17) is 0 Å². The lowest BCUT2D eigenvalue weighted by molar-refractivity contribution is 0.753. The molecule has 0 bridgehead atoms. The van der Waals surface area contributed by atoms with E-state index >= 15 is 0 Å². The Hall–Kier alpha value is -0.830. The first kappa shape index (κ1) is 8.75. The molecule has 0 aliphatic heterocycles. The minimum absolute atomic E-state index is 0.971. The SMILES string of the molecule is CCn1c(C)nc2ccc(Br)cc21. The van der Waals surface area contributed by atoms with Crippen LogP contribution in [0.1, 0.15) is 12.7 Å². The number of benzene rings is 1. The van der Waals surface area contributed by atoms with Gasteiger partial charge in [0.15, 0.2) is 0 Å². The molecule has 2 nitrogen and oxygen atoms in total. The number of nitrogens with zero attached hydrogens (tertiary/aromatic N) is 2. The van der Waals surface area contributed by atoms with Crippen LogP contribution in [0.3, 0.4) is 0 Å². The second kappa shape index (κ2) is 3.14. The Morgan fingerprint density at radius 3 is 2.92 bits per heavy atom. The number of halogens is 1. The number of hydrogen-bond donors (Lipinski definition) is 0. The summed E-state index contributed by atoms with van der Waals surface area (Å²) < 4.78 is 3.31. The molecule has 68 valence electrons. The van der Waals surface area contributed by atoms with Gasteiger partial charge in [0.2, 0.25) is 0 Å². The lowest BCUT2D eigenvalue weighted by atomic mass is 10.3. The van der Waals surface area contributed by atoms with E-state index in [0.717, 1.165) is 22.4 Å². The van der Waals surface area contributed by atoms with Gasteiger partial charge in [-0.05, 0) is 32.0 Å². The summed E-state index contributed by atoms with van der Waals surface area (Å²) in [4.78, 5) is 4.47. The average Bonchev–Trinajstić information content (AvgIpc) is 2.40. The molecule has 0 radical (unpaired) electrons. The van der Waals surface area contributed by atoms with Crippen LogP contribution in [-0.4, -0.2) is 9.55 Å². The molecule has 0 amide bonds. The molecular weight excluding hydrogens is 228 g/mol. The lowest BCUT2D eigenvalue weighted by Crippen LogP contribution is -1.95. The van der Waals surface area contributed by atoms with E-state index in [1.807, 2.05) is 19.1 Å². The van der Waals surface area contributed by atoms with E-state index in [0.29, 0.717) is 0 Å². The first-order valence-electron chi connectivity index (χ1n) is 4.34. The molecule has 2 aromatic rings. The number of rotatable bonds is 1. The van der Waals surface area contributed by atoms with Gasteiger partial charge in [-0.3, -0.25) is 0 Å². The van der Waals surface area contributed by atoms with Crippen molar-refractivity contribution in [2.75, 3.05) is 0 Å². The van der Waals surface area contributed by atoms with Crippen molar-refractivity contribution in [1.82, 2.24) is 9.55 Å². The summed E-state index contributed by atoms with van der Waals surface area (Å²) in [6, 6.07) is 6.17. The molecule has 0 saturated carbocycles. The minimum Gasteiger partial charge on any atom is -0.328 e. The van der Waals surface area contributed by atoms with Gasteiger partial charge in [-0.1, -0.05) is 15.9 Å². The number of fused-ring (bicyclic) bond motifs is 1. The van der Waals surface area contributed by atoms with E-state index in [1.54, 1.807) is 0 Å². The Balaban J connectivity index is 2.80. The van der Waals surface area contributed by atoms with Crippen LogP contribution < -0.4 is 0 Å². The third kappa shape index (κ3) is 1.37. The van der Waals surface area contributed by atoms with Crippen LogP contribution in [0.25, 0.3) is 11.0 Å². The molecule has 0 fully saturated rings. The molecule has 0 unspecified atom stereocenters. The van der Waals surface area contributed by atoms with Crippen LogP contribution in [0.5, 0.6) is 0 Å². The van der Waals surface area contributed by atoms with Gasteiger partial charge in [0, 0.05) is 11.0 Å². The molecule has 3 heteroatoms. The highest BCUT2D eigenvalue weighted by molar-refractivity contribution is 9.10. The van der Waals surface area contributed by atoms with E-state index in [1.165, 1.54) is 5.52 Å². The Kier molecular flexibility index (Phi) is 2.12. The molecule has 0 saturated heterocycles. The predicted octanol–water partition coefficient (Wildman–Crippen LogP) is 3.13. The standard InChI is InChI=1S/C10H11BrN2/c1-3-13-7(2)12-9-5-4-8(11)6-10(9)13/h4-6H,3H2,1-2H3. The molecule has 0 aliphatic carbocycles. The Bertz CT molecular complexity index is 445. The molecule has 1 heterocycles. The maximum absolute atomic E-state index is 4.47. The van der Waals surface area contributed by atoms with E-state index in [2.05, 4.69) is 38.5 Å². The van der Waals surface area contributed by atoms with E-state index < -0.39 is 0 Å². The van der Waals surface area contributed by atoms with Crippen molar-refractivity contribution >= 4 is 27.0 Å². The van der Waals surface area contributed by atoms with Crippen molar-refractivity contribution in [2.45, 2.75) is 20.4 Å². The molecule has 2 rings (SSSR count). The number of aryl methyl sites for hydroxylation is 2. The van der Waals surface area contributed by atoms with Crippen LogP contribution in [0.2, 0.25) is 0 Å². The zero-order valence-electron chi connectivity index (χ0n) is 7.71. The van der Waals surface area contributed by atoms with Gasteiger partial charge in [0.05, 0.1) is 11.0 Å². The summed E-state index contributed by atoms with van der Waals surface area (Å²) in [7, 11) is 0. The normalized spacial score (nSPS) is 11.0. The zero-order chi connectivity index (χ0) is 9.42. The van der Waals surface area contributed by atoms with Gasteiger partial charge >= 0.3 is 0 Å². The quantitative estimate of drug-likeness (QED) is 0.747. The summed E-state index contributed by atoms with van der Waals surface area (Å²) in [5.41, 5.74) is 2.27. The first-order chi connectivity index (χ1) is 6.22. The van der Waals surface area contributed by atoms with Crippen LogP contribution in [0.15, 0.2) is 22.7 Å². The molecule has 13 heavy (non-hydrogen) atoms. The second-order valence-corrected chi connectivity index (χ2v) is 3.95. The van der Waals surface area contributed by atoms with E-state index in [9.17, 15) is 0 Å². The average molecular weight is 239 g/mol. The van der Waals surface area contributed by atoms with Crippen molar-refractivity contribution in [3.05, 3.63) is 28.5 Å². The number of hydrogen-bond acceptors (Lipinski definition) is 1. The summed E-state index contributed by atoms with van der Waals surface area (Å²) in [5.74, 6) is 1.08. The van der Waals surface area contributed by atoms with Crippen molar-refractivity contribution in [2.24, 2.45) is 0 Å². The van der Waals surface area contributed by atoms with Crippen LogP contribution in [0, 0.1) is 6.92 Å². The fraction of sp³-hybridized carbons (Fsp3) is 0.300. The highest BCUT2D eigenvalue weighted by Gasteiger charge is 2.04. The van der Waals surface area contributed by atoms with Crippen LogP contribution in [0.4, 0.5) is 0 Å². The van der Waals surface area contributed by atoms with Gasteiger partial charge < -0.3 is 4.57 Å². The van der Waals surface area contributed by atoms with Crippen molar-refractivity contribution in [3.8, 4) is 0 Å². The largest absolute Gasteiger partial charge is 0.328 e. The molecule has 0 aliphatic rings. The maximum atomic E-state index is 4.47. The molecule has 0 N–H and O–H groups in total. The van der Waals surface area contributed by atoms with Crippen molar-refractivity contribution < 1.29 is 0 Å². The summed E-state index contributed by atoms with van der Waals surface area (Å²) in [6.45, 7) is 5.14. The Morgan fingerprint density at radius 1 is 1.46 bits per heavy atom. The monoisotopic (exact) mass is 238 g/mol. The predicted molar refractivity (Wildman–Crippen MR) is 57.8 cm³/mol. The fourth-order valence-corrected chi connectivity index (χ4v) is 1.96. The summed E-state index contributed by atoms with van der Waals surface area (Å²) in [6.07, 6.45) is 0. The zero-order valence-corrected chi connectivity index (χ0v) is 9.30. The molecule has 1 aromatic heterocycles. The van der Waals surface area contributed by atoms with Gasteiger partial charge in [0.1, 0.15) is 5.82 Å². The highest BCUT2D eigenvalue weighted by Crippen LogP contribution is 2.20.